The molecule has 29 heavy (non-hydrogen) atoms. The molecule has 4 nitrogen and oxygen atoms in total. The molecule has 1 aliphatic rings. The number of aryl methyl sites for hydroxylation is 2. The summed E-state index contributed by atoms with van der Waals surface area (Å²) in [5, 5.41) is 3.82. The van der Waals surface area contributed by atoms with E-state index in [1.165, 1.54) is 0 Å². The maximum absolute atomic E-state index is 13.5. The van der Waals surface area contributed by atoms with Crippen molar-refractivity contribution >= 4 is 23.2 Å². The Labute approximate surface area is 178 Å². The van der Waals surface area contributed by atoms with E-state index < -0.39 is 5.41 Å². The molecule has 1 amide bonds. The quantitative estimate of drug-likeness (QED) is 0.660. The molecule has 0 unspecified atom stereocenters. The molecular formula is C24H30ClNO3. The lowest BCUT2D eigenvalue weighted by molar-refractivity contribution is -0.125. The van der Waals surface area contributed by atoms with Gasteiger partial charge in [0, 0.05) is 23.9 Å². The summed E-state index contributed by atoms with van der Waals surface area (Å²) in [6.07, 6.45) is 1.29. The molecule has 0 radical (unpaired) electrons. The molecule has 0 spiro atoms. The molecule has 1 fully saturated rings. The van der Waals surface area contributed by atoms with Gasteiger partial charge in [-0.05, 0) is 73.6 Å². The van der Waals surface area contributed by atoms with Gasteiger partial charge in [0.25, 0.3) is 0 Å². The van der Waals surface area contributed by atoms with E-state index in [4.69, 9.17) is 21.1 Å². The summed E-state index contributed by atoms with van der Waals surface area (Å²) in [7, 11) is 0. The first-order valence-corrected chi connectivity index (χ1v) is 10.6. The SMILES string of the molecule is Cc1cc(NC(=O)C2(c3ccc(Cl)cc3)CCOCC2)cc(C)c1OCC(C)C. The summed E-state index contributed by atoms with van der Waals surface area (Å²) in [6, 6.07) is 11.6. The maximum atomic E-state index is 13.5. The number of anilines is 1. The zero-order chi connectivity index (χ0) is 21.0. The third-order valence-corrected chi connectivity index (χ3v) is 5.71. The Balaban J connectivity index is 1.85. The van der Waals surface area contributed by atoms with Crippen LogP contribution < -0.4 is 10.1 Å². The van der Waals surface area contributed by atoms with E-state index in [-0.39, 0.29) is 5.91 Å². The number of halogens is 1. The zero-order valence-electron chi connectivity index (χ0n) is 17.7. The van der Waals surface area contributed by atoms with E-state index in [9.17, 15) is 4.79 Å². The van der Waals surface area contributed by atoms with Gasteiger partial charge < -0.3 is 14.8 Å². The van der Waals surface area contributed by atoms with Gasteiger partial charge >= 0.3 is 0 Å². The van der Waals surface area contributed by atoms with E-state index in [1.54, 1.807) is 0 Å². The highest BCUT2D eigenvalue weighted by atomic mass is 35.5. The monoisotopic (exact) mass is 415 g/mol. The summed E-state index contributed by atoms with van der Waals surface area (Å²) in [5.41, 5.74) is 3.20. The van der Waals surface area contributed by atoms with Gasteiger partial charge in [-0.15, -0.1) is 0 Å². The van der Waals surface area contributed by atoms with Crippen molar-refractivity contribution in [2.75, 3.05) is 25.1 Å². The number of hydrogen-bond donors (Lipinski definition) is 1. The van der Waals surface area contributed by atoms with Crippen LogP contribution in [0.4, 0.5) is 5.69 Å². The van der Waals surface area contributed by atoms with E-state index >= 15 is 0 Å². The van der Waals surface area contributed by atoms with E-state index in [0.717, 1.165) is 28.1 Å². The van der Waals surface area contributed by atoms with Crippen molar-refractivity contribution in [3.63, 3.8) is 0 Å². The van der Waals surface area contributed by atoms with Crippen LogP contribution in [-0.2, 0) is 14.9 Å². The summed E-state index contributed by atoms with van der Waals surface area (Å²) in [6.45, 7) is 10.1. The molecule has 0 atom stereocenters. The number of carbonyl (C=O) groups excluding carboxylic acids is 1. The lowest BCUT2D eigenvalue weighted by Gasteiger charge is -2.36. The average molecular weight is 416 g/mol. The van der Waals surface area contributed by atoms with Gasteiger partial charge in [0.2, 0.25) is 5.91 Å². The molecule has 5 heteroatoms. The predicted octanol–water partition coefficient (Wildman–Crippen LogP) is 5.68. The van der Waals surface area contributed by atoms with Crippen molar-refractivity contribution in [2.45, 2.75) is 46.0 Å². The van der Waals surface area contributed by atoms with Crippen LogP contribution >= 0.6 is 11.6 Å². The van der Waals surface area contributed by atoms with Crippen LogP contribution in [0.5, 0.6) is 5.75 Å². The maximum Gasteiger partial charge on any atom is 0.235 e. The van der Waals surface area contributed by atoms with Gasteiger partial charge in [-0.1, -0.05) is 37.6 Å². The summed E-state index contributed by atoms with van der Waals surface area (Å²) in [5.74, 6) is 1.36. The molecule has 1 N–H and O–H groups in total. The molecule has 156 valence electrons. The fraction of sp³-hybridized carbons (Fsp3) is 0.458. The van der Waals surface area contributed by atoms with Gasteiger partial charge in [-0.25, -0.2) is 0 Å². The lowest BCUT2D eigenvalue weighted by atomic mass is 9.73. The minimum absolute atomic E-state index is 0.00206. The lowest BCUT2D eigenvalue weighted by Crippen LogP contribution is -2.44. The highest BCUT2D eigenvalue weighted by Crippen LogP contribution is 2.37. The van der Waals surface area contributed by atoms with Crippen LogP contribution in [0.3, 0.4) is 0 Å². The van der Waals surface area contributed by atoms with Crippen LogP contribution in [0.25, 0.3) is 0 Å². The Hall–Kier alpha value is -2.04. The third kappa shape index (κ3) is 4.93. The van der Waals surface area contributed by atoms with Gasteiger partial charge in [-0.3, -0.25) is 4.79 Å². The Morgan fingerprint density at radius 2 is 1.72 bits per heavy atom. The number of benzene rings is 2. The van der Waals surface area contributed by atoms with Gasteiger partial charge in [-0.2, -0.15) is 0 Å². The molecule has 0 aromatic heterocycles. The number of rotatable bonds is 6. The zero-order valence-corrected chi connectivity index (χ0v) is 18.4. The van der Waals surface area contributed by atoms with E-state index in [0.29, 0.717) is 43.6 Å². The second-order valence-corrected chi connectivity index (χ2v) is 8.74. The second kappa shape index (κ2) is 9.19. The van der Waals surface area contributed by atoms with Crippen LogP contribution in [0.2, 0.25) is 5.02 Å². The smallest absolute Gasteiger partial charge is 0.235 e. The number of amides is 1. The van der Waals surface area contributed by atoms with Crippen LogP contribution in [0.15, 0.2) is 36.4 Å². The second-order valence-electron chi connectivity index (χ2n) is 8.30. The standard InChI is InChI=1S/C24H30ClNO3/c1-16(2)15-29-22-17(3)13-21(14-18(22)4)26-23(27)24(9-11-28-12-10-24)19-5-7-20(25)8-6-19/h5-8,13-14,16H,9-12,15H2,1-4H3,(H,26,27). The van der Waals surface area contributed by atoms with Gasteiger partial charge in [0.1, 0.15) is 5.75 Å². The molecule has 3 rings (SSSR count). The number of carbonyl (C=O) groups is 1. The van der Waals surface area contributed by atoms with Crippen molar-refractivity contribution in [1.82, 2.24) is 0 Å². The molecule has 1 heterocycles. The van der Waals surface area contributed by atoms with Crippen molar-refractivity contribution in [2.24, 2.45) is 5.92 Å². The Kier molecular flexibility index (Phi) is 6.86. The highest BCUT2D eigenvalue weighted by molar-refractivity contribution is 6.30. The number of hydrogen-bond acceptors (Lipinski definition) is 3. The third-order valence-electron chi connectivity index (χ3n) is 5.46. The molecule has 1 aliphatic heterocycles. The topological polar surface area (TPSA) is 47.6 Å². The first kappa shape index (κ1) is 21.7. The van der Waals surface area contributed by atoms with E-state index in [2.05, 4.69) is 19.2 Å². The summed E-state index contributed by atoms with van der Waals surface area (Å²) in [4.78, 5) is 13.5. The van der Waals surface area contributed by atoms with E-state index in [1.807, 2.05) is 50.2 Å². The molecule has 1 saturated heterocycles. The first-order chi connectivity index (χ1) is 13.8. The summed E-state index contributed by atoms with van der Waals surface area (Å²) >= 11 is 6.06. The molecule has 2 aromatic rings. The van der Waals surface area contributed by atoms with Crippen molar-refractivity contribution in [3.05, 3.63) is 58.1 Å². The Morgan fingerprint density at radius 3 is 2.28 bits per heavy atom. The van der Waals surface area contributed by atoms with Gasteiger partial charge in [0.15, 0.2) is 0 Å². The average Bonchev–Trinajstić information content (AvgIpc) is 2.68. The Bertz CT molecular complexity index is 832. The van der Waals surface area contributed by atoms with Crippen LogP contribution in [0, 0.1) is 19.8 Å². The predicted molar refractivity (Wildman–Crippen MR) is 118 cm³/mol. The summed E-state index contributed by atoms with van der Waals surface area (Å²) < 4.78 is 11.5. The van der Waals surface area contributed by atoms with Crippen LogP contribution in [-0.4, -0.2) is 25.7 Å². The molecule has 0 aliphatic carbocycles. The highest BCUT2D eigenvalue weighted by Gasteiger charge is 2.41. The molecule has 0 bridgehead atoms. The van der Waals surface area contributed by atoms with Crippen molar-refractivity contribution < 1.29 is 14.3 Å². The number of ether oxygens (including phenoxy) is 2. The molecule has 2 aromatic carbocycles. The molecule has 0 saturated carbocycles. The normalized spacial score (nSPS) is 15.9. The number of nitrogens with one attached hydrogen (secondary N) is 1. The fourth-order valence-corrected chi connectivity index (χ4v) is 4.01. The minimum Gasteiger partial charge on any atom is -0.493 e. The van der Waals surface area contributed by atoms with Crippen molar-refractivity contribution in [3.8, 4) is 5.75 Å². The Morgan fingerprint density at radius 1 is 1.14 bits per heavy atom. The minimum atomic E-state index is -0.614. The largest absolute Gasteiger partial charge is 0.493 e. The van der Waals surface area contributed by atoms with Crippen LogP contribution in [0.1, 0.15) is 43.4 Å². The van der Waals surface area contributed by atoms with Gasteiger partial charge in [0.05, 0.1) is 12.0 Å². The first-order valence-electron chi connectivity index (χ1n) is 10.2. The molecular weight excluding hydrogens is 386 g/mol. The fourth-order valence-electron chi connectivity index (χ4n) is 3.89. The van der Waals surface area contributed by atoms with Crippen molar-refractivity contribution in [1.29, 1.82) is 0 Å².